The van der Waals surface area contributed by atoms with E-state index in [1.165, 1.54) is 24.8 Å². The molecular formula is C16H22O2. The van der Waals surface area contributed by atoms with E-state index in [1.807, 2.05) is 6.92 Å². The van der Waals surface area contributed by atoms with E-state index in [0.29, 0.717) is 19.4 Å². The molecule has 1 aromatic carbocycles. The van der Waals surface area contributed by atoms with Crippen LogP contribution in [0.1, 0.15) is 56.1 Å². The molecule has 18 heavy (non-hydrogen) atoms. The molecule has 2 nitrogen and oxygen atoms in total. The van der Waals surface area contributed by atoms with Crippen molar-refractivity contribution in [3.8, 4) is 0 Å². The van der Waals surface area contributed by atoms with Gasteiger partial charge in [0.1, 0.15) is 0 Å². The van der Waals surface area contributed by atoms with E-state index in [4.69, 9.17) is 4.74 Å². The Bertz CT molecular complexity index is 425. The van der Waals surface area contributed by atoms with E-state index in [0.717, 1.165) is 11.5 Å². The maximum absolute atomic E-state index is 10.8. The summed E-state index contributed by atoms with van der Waals surface area (Å²) in [7, 11) is 0. The van der Waals surface area contributed by atoms with Crippen LogP contribution in [0, 0.1) is 0 Å². The van der Waals surface area contributed by atoms with Crippen molar-refractivity contribution in [3.63, 3.8) is 0 Å². The molecule has 98 valence electrons. The lowest BCUT2D eigenvalue weighted by Gasteiger charge is -2.37. The van der Waals surface area contributed by atoms with Gasteiger partial charge in [0, 0.05) is 12.8 Å². The molecule has 0 amide bonds. The predicted molar refractivity (Wildman–Crippen MR) is 71.6 cm³/mol. The normalized spacial score (nSPS) is 33.1. The molecule has 0 spiro atoms. The third-order valence-electron chi connectivity index (χ3n) is 4.54. The average Bonchev–Trinajstić information content (AvgIpc) is 2.27. The molecule has 2 fully saturated rings. The number of hydrogen-bond donors (Lipinski definition) is 1. The highest BCUT2D eigenvalue weighted by atomic mass is 16.5. The van der Waals surface area contributed by atoms with Crippen molar-refractivity contribution in [3.05, 3.63) is 35.4 Å². The first-order chi connectivity index (χ1) is 8.67. The van der Waals surface area contributed by atoms with Crippen LogP contribution in [0.2, 0.25) is 0 Å². The van der Waals surface area contributed by atoms with Crippen molar-refractivity contribution < 1.29 is 9.84 Å². The van der Waals surface area contributed by atoms with Gasteiger partial charge in [0.15, 0.2) is 0 Å². The number of rotatable bonds is 2. The first-order valence-electron chi connectivity index (χ1n) is 7.12. The summed E-state index contributed by atoms with van der Waals surface area (Å²) in [5.41, 5.74) is 1.81. The Labute approximate surface area is 109 Å². The predicted octanol–water partition coefficient (Wildman–Crippen LogP) is 3.34. The van der Waals surface area contributed by atoms with Crippen molar-refractivity contribution in [1.82, 2.24) is 0 Å². The van der Waals surface area contributed by atoms with Gasteiger partial charge in [-0.2, -0.15) is 0 Å². The summed E-state index contributed by atoms with van der Waals surface area (Å²) in [5, 5.41) is 10.8. The molecule has 1 aromatic rings. The van der Waals surface area contributed by atoms with Gasteiger partial charge in [0.2, 0.25) is 0 Å². The third kappa shape index (κ3) is 2.19. The summed E-state index contributed by atoms with van der Waals surface area (Å²) in [4.78, 5) is 0. The van der Waals surface area contributed by atoms with E-state index in [2.05, 4.69) is 24.3 Å². The Balaban J connectivity index is 1.86. The molecule has 3 rings (SSSR count). The Kier molecular flexibility index (Phi) is 3.16. The highest BCUT2D eigenvalue weighted by molar-refractivity contribution is 5.31. The van der Waals surface area contributed by atoms with Gasteiger partial charge in [-0.25, -0.2) is 0 Å². The zero-order valence-corrected chi connectivity index (χ0v) is 11.1. The maximum Gasteiger partial charge on any atom is 0.0943 e. The SMILES string of the molecule is CC1CC(O)(c2cccc(C3CCC3)c2)CCO1. The van der Waals surface area contributed by atoms with Crippen molar-refractivity contribution >= 4 is 0 Å². The molecule has 0 bridgehead atoms. The van der Waals surface area contributed by atoms with E-state index < -0.39 is 5.60 Å². The van der Waals surface area contributed by atoms with Crippen molar-refractivity contribution in [1.29, 1.82) is 0 Å². The number of ether oxygens (including phenoxy) is 1. The molecule has 0 radical (unpaired) electrons. The second kappa shape index (κ2) is 4.67. The minimum Gasteiger partial charge on any atom is -0.385 e. The first kappa shape index (κ1) is 12.2. The molecule has 0 aromatic heterocycles. The second-order valence-corrected chi connectivity index (χ2v) is 5.92. The summed E-state index contributed by atoms with van der Waals surface area (Å²) in [6.07, 6.45) is 5.54. The highest BCUT2D eigenvalue weighted by Gasteiger charge is 2.35. The monoisotopic (exact) mass is 246 g/mol. The molecule has 2 atom stereocenters. The van der Waals surface area contributed by atoms with Gasteiger partial charge in [0.05, 0.1) is 18.3 Å². The van der Waals surface area contributed by atoms with Gasteiger partial charge >= 0.3 is 0 Å². The lowest BCUT2D eigenvalue weighted by molar-refractivity contribution is -0.101. The topological polar surface area (TPSA) is 29.5 Å². The second-order valence-electron chi connectivity index (χ2n) is 5.92. The smallest absolute Gasteiger partial charge is 0.0943 e. The third-order valence-corrected chi connectivity index (χ3v) is 4.54. The molecule has 2 unspecified atom stereocenters. The Morgan fingerprint density at radius 2 is 2.17 bits per heavy atom. The largest absolute Gasteiger partial charge is 0.385 e. The molecule has 1 saturated carbocycles. The Morgan fingerprint density at radius 3 is 2.83 bits per heavy atom. The summed E-state index contributed by atoms with van der Waals surface area (Å²) >= 11 is 0. The summed E-state index contributed by atoms with van der Waals surface area (Å²) in [6, 6.07) is 8.60. The molecule has 1 aliphatic heterocycles. The number of benzene rings is 1. The van der Waals surface area contributed by atoms with Crippen LogP contribution in [0.5, 0.6) is 0 Å². The fraction of sp³-hybridized carbons (Fsp3) is 0.625. The van der Waals surface area contributed by atoms with Gasteiger partial charge < -0.3 is 9.84 Å². The highest BCUT2D eigenvalue weighted by Crippen LogP contribution is 2.40. The van der Waals surface area contributed by atoms with E-state index >= 15 is 0 Å². The van der Waals surface area contributed by atoms with Crippen LogP contribution in [0.25, 0.3) is 0 Å². The summed E-state index contributed by atoms with van der Waals surface area (Å²) in [5.74, 6) is 0.728. The van der Waals surface area contributed by atoms with Gasteiger partial charge in [-0.3, -0.25) is 0 Å². The van der Waals surface area contributed by atoms with Crippen molar-refractivity contribution in [2.45, 2.75) is 56.7 Å². The number of aliphatic hydroxyl groups is 1. The van der Waals surface area contributed by atoms with Gasteiger partial charge in [-0.15, -0.1) is 0 Å². The zero-order valence-electron chi connectivity index (χ0n) is 11.1. The molecule has 1 heterocycles. The summed E-state index contributed by atoms with van der Waals surface area (Å²) < 4.78 is 5.54. The fourth-order valence-corrected chi connectivity index (χ4v) is 3.15. The molecule has 1 saturated heterocycles. The van der Waals surface area contributed by atoms with Crippen LogP contribution >= 0.6 is 0 Å². The zero-order chi connectivity index (χ0) is 12.6. The van der Waals surface area contributed by atoms with Crippen molar-refractivity contribution in [2.24, 2.45) is 0 Å². The van der Waals surface area contributed by atoms with Gasteiger partial charge in [-0.05, 0) is 36.8 Å². The van der Waals surface area contributed by atoms with Crippen LogP contribution in [0.3, 0.4) is 0 Å². The average molecular weight is 246 g/mol. The first-order valence-corrected chi connectivity index (χ1v) is 7.12. The van der Waals surface area contributed by atoms with E-state index in [-0.39, 0.29) is 6.10 Å². The van der Waals surface area contributed by atoms with Crippen LogP contribution in [-0.2, 0) is 10.3 Å². The molecular weight excluding hydrogens is 224 g/mol. The number of hydrogen-bond acceptors (Lipinski definition) is 2. The fourth-order valence-electron chi connectivity index (χ4n) is 3.15. The standard InChI is InChI=1S/C16H22O2/c1-12-11-16(17,8-9-18-12)15-7-3-6-14(10-15)13-4-2-5-13/h3,6-7,10,12-13,17H,2,4-5,8-9,11H2,1H3. The van der Waals surface area contributed by atoms with Crippen LogP contribution in [-0.4, -0.2) is 17.8 Å². The van der Waals surface area contributed by atoms with Crippen LogP contribution in [0.15, 0.2) is 24.3 Å². The summed E-state index contributed by atoms with van der Waals surface area (Å²) in [6.45, 7) is 2.70. The van der Waals surface area contributed by atoms with Crippen LogP contribution < -0.4 is 0 Å². The lowest BCUT2D eigenvalue weighted by Crippen LogP contribution is -2.37. The molecule has 1 aliphatic carbocycles. The van der Waals surface area contributed by atoms with Gasteiger partial charge in [-0.1, -0.05) is 30.7 Å². The Hall–Kier alpha value is -0.860. The minimum atomic E-state index is -0.683. The Morgan fingerprint density at radius 1 is 1.33 bits per heavy atom. The van der Waals surface area contributed by atoms with E-state index in [9.17, 15) is 5.11 Å². The molecule has 2 aliphatic rings. The minimum absolute atomic E-state index is 0.149. The quantitative estimate of drug-likeness (QED) is 0.867. The van der Waals surface area contributed by atoms with E-state index in [1.54, 1.807) is 0 Å². The van der Waals surface area contributed by atoms with Crippen molar-refractivity contribution in [2.75, 3.05) is 6.61 Å². The molecule has 1 N–H and O–H groups in total. The maximum atomic E-state index is 10.8. The lowest BCUT2D eigenvalue weighted by atomic mass is 9.77. The van der Waals surface area contributed by atoms with Crippen LogP contribution in [0.4, 0.5) is 0 Å². The molecule has 2 heteroatoms. The van der Waals surface area contributed by atoms with Gasteiger partial charge in [0.25, 0.3) is 0 Å².